The van der Waals surface area contributed by atoms with Crippen LogP contribution in [-0.4, -0.2) is 68.1 Å². The summed E-state index contributed by atoms with van der Waals surface area (Å²) in [4.78, 5) is 57.0. The van der Waals surface area contributed by atoms with Crippen LogP contribution in [0, 0.1) is 0 Å². The number of rotatable bonds is 8. The summed E-state index contributed by atoms with van der Waals surface area (Å²) >= 11 is -1.88. The van der Waals surface area contributed by atoms with Gasteiger partial charge in [-0.05, 0) is 72.7 Å². The van der Waals surface area contributed by atoms with Crippen LogP contribution < -0.4 is 20.3 Å². The van der Waals surface area contributed by atoms with E-state index < -0.39 is 53.1 Å². The van der Waals surface area contributed by atoms with Crippen LogP contribution in [0.5, 0.6) is 0 Å². The number of nitrogens with zero attached hydrogens (tertiary/aromatic N) is 3. The molecular formula is C25H33N6O9S2-. The second-order valence-electron chi connectivity index (χ2n) is 10.3. The Balaban J connectivity index is 2.16. The third-order valence-corrected chi connectivity index (χ3v) is 5.97. The molecule has 0 aliphatic heterocycles. The molecule has 1 unspecified atom stereocenters. The van der Waals surface area contributed by atoms with Crippen molar-refractivity contribution >= 4 is 69.0 Å². The van der Waals surface area contributed by atoms with Crippen LogP contribution in [0.4, 0.5) is 26.0 Å². The van der Waals surface area contributed by atoms with Crippen molar-refractivity contribution in [2.75, 3.05) is 22.8 Å². The van der Waals surface area contributed by atoms with E-state index in [1.807, 2.05) is 0 Å². The van der Waals surface area contributed by atoms with E-state index in [9.17, 15) is 27.9 Å². The number of carbonyl (C=O) groups excluding carboxylic acids is 4. The second-order valence-corrected chi connectivity index (χ2v) is 11.9. The molecule has 42 heavy (non-hydrogen) atoms. The minimum atomic E-state index is -2.81. The average Bonchev–Trinajstić information content (AvgIpc) is 3.30. The summed E-state index contributed by atoms with van der Waals surface area (Å²) in [6.45, 7) is 11.1. The van der Waals surface area contributed by atoms with Crippen molar-refractivity contribution in [3.05, 3.63) is 35.5 Å². The Hall–Kier alpha value is -4.09. The molecule has 1 aromatic heterocycles. The number of hydrogen-bond acceptors (Lipinski definition) is 12. The van der Waals surface area contributed by atoms with E-state index in [1.165, 1.54) is 29.8 Å². The normalized spacial score (nSPS) is 11.9. The number of anilines is 3. The standard InChI is InChI=1S/C25H34N6O9S2/c1-8-38-20(33)18-19(41-14-27-18)31(42(36)37)16-11-9-15(10-12-16)28-17(32)13-26-21(29-22(34)39-24(2,3)4)30-23(35)40-25(5,6)7/h9-12,14H,8,13H2,1-7H3,(H,28,32)(H,36,37)(H2,26,29,30,34,35)/p-1. The molecule has 0 saturated carbocycles. The van der Waals surface area contributed by atoms with Crippen LogP contribution in [0.3, 0.4) is 0 Å². The number of carbonyl (C=O) groups is 4. The first-order chi connectivity index (χ1) is 19.5. The lowest BCUT2D eigenvalue weighted by atomic mass is 10.2. The lowest BCUT2D eigenvalue weighted by Crippen LogP contribution is -2.47. The van der Waals surface area contributed by atoms with E-state index in [2.05, 4.69) is 25.9 Å². The van der Waals surface area contributed by atoms with Gasteiger partial charge < -0.3 is 24.1 Å². The molecule has 3 amide bonds. The van der Waals surface area contributed by atoms with Gasteiger partial charge in [-0.15, -0.1) is 11.3 Å². The third kappa shape index (κ3) is 11.4. The molecule has 0 aliphatic carbocycles. The largest absolute Gasteiger partial charge is 0.755 e. The van der Waals surface area contributed by atoms with E-state index >= 15 is 0 Å². The van der Waals surface area contributed by atoms with Gasteiger partial charge in [0, 0.05) is 5.69 Å². The highest BCUT2D eigenvalue weighted by atomic mass is 32.2. The highest BCUT2D eigenvalue weighted by Gasteiger charge is 2.24. The summed E-state index contributed by atoms with van der Waals surface area (Å²) in [6, 6.07) is 5.67. The van der Waals surface area contributed by atoms with Gasteiger partial charge in [-0.3, -0.25) is 23.9 Å². The zero-order valence-corrected chi connectivity index (χ0v) is 25.8. The first kappa shape index (κ1) is 34.1. The van der Waals surface area contributed by atoms with Gasteiger partial charge in [-0.1, -0.05) is 0 Å². The number of aromatic nitrogens is 1. The summed E-state index contributed by atoms with van der Waals surface area (Å²) in [7, 11) is 0. The fourth-order valence-corrected chi connectivity index (χ4v) is 4.47. The van der Waals surface area contributed by atoms with Gasteiger partial charge in [-0.2, -0.15) is 0 Å². The lowest BCUT2D eigenvalue weighted by molar-refractivity contribution is -0.114. The van der Waals surface area contributed by atoms with Gasteiger partial charge in [0.15, 0.2) is 5.69 Å². The second kappa shape index (κ2) is 14.7. The third-order valence-electron chi connectivity index (χ3n) is 4.36. The highest BCUT2D eigenvalue weighted by molar-refractivity contribution is 7.81. The van der Waals surface area contributed by atoms with Crippen LogP contribution in [0.2, 0.25) is 0 Å². The van der Waals surface area contributed by atoms with Gasteiger partial charge in [0.1, 0.15) is 22.7 Å². The molecule has 0 spiro atoms. The number of nitrogens with one attached hydrogen (secondary N) is 3. The van der Waals surface area contributed by atoms with E-state index in [-0.39, 0.29) is 34.6 Å². The number of guanidine groups is 1. The number of alkyl carbamates (subject to hydrolysis) is 2. The van der Waals surface area contributed by atoms with Crippen LogP contribution in [0.1, 0.15) is 59.0 Å². The molecule has 1 heterocycles. The van der Waals surface area contributed by atoms with E-state index in [0.717, 1.165) is 15.6 Å². The molecular weight excluding hydrogens is 592 g/mol. The van der Waals surface area contributed by atoms with Crippen LogP contribution in [-0.2, 0) is 30.3 Å². The average molecular weight is 626 g/mol. The Kier molecular flexibility index (Phi) is 11.9. The van der Waals surface area contributed by atoms with E-state index in [1.54, 1.807) is 48.5 Å². The predicted octanol–water partition coefficient (Wildman–Crippen LogP) is 3.60. The zero-order valence-electron chi connectivity index (χ0n) is 24.1. The first-order valence-corrected chi connectivity index (χ1v) is 14.3. The van der Waals surface area contributed by atoms with E-state index in [0.29, 0.717) is 0 Å². The van der Waals surface area contributed by atoms with Gasteiger partial charge >= 0.3 is 18.2 Å². The Labute approximate surface area is 249 Å². The van der Waals surface area contributed by atoms with Gasteiger partial charge in [0.25, 0.3) is 0 Å². The monoisotopic (exact) mass is 625 g/mol. The minimum Gasteiger partial charge on any atom is -0.755 e. The van der Waals surface area contributed by atoms with Crippen molar-refractivity contribution in [2.45, 2.75) is 59.7 Å². The molecule has 17 heteroatoms. The fourth-order valence-electron chi connectivity index (χ4n) is 2.94. The quantitative estimate of drug-likeness (QED) is 0.128. The predicted molar refractivity (Wildman–Crippen MR) is 155 cm³/mol. The summed E-state index contributed by atoms with van der Waals surface area (Å²) in [5.41, 5.74) is -0.0531. The first-order valence-electron chi connectivity index (χ1n) is 12.4. The maximum Gasteiger partial charge on any atom is 0.414 e. The van der Waals surface area contributed by atoms with Crippen molar-refractivity contribution in [1.29, 1.82) is 0 Å². The zero-order chi connectivity index (χ0) is 31.7. The summed E-state index contributed by atoms with van der Waals surface area (Å²) in [6.07, 6.45) is -1.83. The molecule has 0 bridgehead atoms. The molecule has 0 fully saturated rings. The molecule has 0 radical (unpaired) electrons. The SMILES string of the molecule is CCOC(=O)c1ncsc1N(c1ccc(NC(=O)CN=C(NC(=O)OC(C)(C)C)NC(=O)OC(C)(C)C)cc1)S(=O)[O-]. The number of aliphatic imine (C=N–C) groups is 1. The van der Waals surface area contributed by atoms with Gasteiger partial charge in [-0.25, -0.2) is 24.4 Å². The minimum absolute atomic E-state index is 0.0374. The lowest BCUT2D eigenvalue weighted by Gasteiger charge is -2.25. The Bertz CT molecular complexity index is 1300. The number of thiazole rings is 1. The number of esters is 1. The fraction of sp³-hybridized carbons (Fsp3) is 0.440. The van der Waals surface area contributed by atoms with Gasteiger partial charge in [0.05, 0.1) is 29.1 Å². The molecule has 230 valence electrons. The Morgan fingerprint density at radius 3 is 2.02 bits per heavy atom. The summed E-state index contributed by atoms with van der Waals surface area (Å²) in [5.74, 6) is -1.77. The Morgan fingerprint density at radius 1 is 1.00 bits per heavy atom. The molecule has 1 atom stereocenters. The number of hydrogen-bond donors (Lipinski definition) is 3. The maximum atomic E-state index is 12.6. The van der Waals surface area contributed by atoms with Crippen molar-refractivity contribution in [2.24, 2.45) is 4.99 Å². The molecule has 2 aromatic rings. The molecule has 3 N–H and O–H groups in total. The number of benzene rings is 1. The molecule has 2 rings (SSSR count). The van der Waals surface area contributed by atoms with Crippen molar-refractivity contribution in [3.8, 4) is 0 Å². The van der Waals surface area contributed by atoms with Crippen molar-refractivity contribution in [1.82, 2.24) is 15.6 Å². The van der Waals surface area contributed by atoms with Crippen LogP contribution >= 0.6 is 11.3 Å². The molecule has 15 nitrogen and oxygen atoms in total. The van der Waals surface area contributed by atoms with Crippen molar-refractivity contribution in [3.63, 3.8) is 0 Å². The Morgan fingerprint density at radius 2 is 1.55 bits per heavy atom. The highest BCUT2D eigenvalue weighted by Crippen LogP contribution is 2.34. The summed E-state index contributed by atoms with van der Waals surface area (Å²) < 4.78 is 40.2. The van der Waals surface area contributed by atoms with Crippen molar-refractivity contribution < 1.29 is 42.2 Å². The molecule has 1 aromatic carbocycles. The molecule has 0 aliphatic rings. The number of ether oxygens (including phenoxy) is 3. The van der Waals surface area contributed by atoms with E-state index in [4.69, 9.17) is 14.2 Å². The van der Waals surface area contributed by atoms with Gasteiger partial charge in [0.2, 0.25) is 11.9 Å². The van der Waals surface area contributed by atoms with Crippen LogP contribution in [0.25, 0.3) is 0 Å². The topological polar surface area (TPSA) is 201 Å². The molecule has 0 saturated heterocycles. The van der Waals surface area contributed by atoms with Crippen LogP contribution in [0.15, 0.2) is 34.8 Å². The maximum absolute atomic E-state index is 12.6. The summed E-state index contributed by atoms with van der Waals surface area (Å²) in [5, 5.41) is 7.14. The number of amides is 3. The smallest absolute Gasteiger partial charge is 0.414 e.